The number of rotatable bonds is 1. The lowest BCUT2D eigenvalue weighted by Crippen LogP contribution is -2.46. The third-order valence-corrected chi connectivity index (χ3v) is 2.55. The molecule has 2 heterocycles. The molecule has 0 radical (unpaired) electrons. The van der Waals surface area contributed by atoms with E-state index in [1.54, 1.807) is 18.6 Å². The van der Waals surface area contributed by atoms with Gasteiger partial charge in [-0.15, -0.1) is 0 Å². The summed E-state index contributed by atoms with van der Waals surface area (Å²) in [6.07, 6.45) is 6.94. The molecule has 0 aliphatic carbocycles. The van der Waals surface area contributed by atoms with Crippen molar-refractivity contribution >= 4 is 5.82 Å². The smallest absolute Gasteiger partial charge is 0.147 e. The van der Waals surface area contributed by atoms with Gasteiger partial charge in [0.2, 0.25) is 0 Å². The van der Waals surface area contributed by atoms with E-state index in [1.807, 2.05) is 6.92 Å². The van der Waals surface area contributed by atoms with Crippen molar-refractivity contribution in [2.45, 2.75) is 25.4 Å². The number of aliphatic hydroxyl groups is 1. The molecular weight excluding hydrogens is 178 g/mol. The number of aromatic nitrogens is 2. The van der Waals surface area contributed by atoms with Gasteiger partial charge in [-0.1, -0.05) is 0 Å². The zero-order chi connectivity index (χ0) is 10.0. The molecule has 76 valence electrons. The molecule has 1 aliphatic heterocycles. The number of piperidine rings is 1. The summed E-state index contributed by atoms with van der Waals surface area (Å²) in [7, 11) is 0. The molecular formula is C10H15N3O. The lowest BCUT2D eigenvalue weighted by atomic mass is 9.95. The Morgan fingerprint density at radius 3 is 3.00 bits per heavy atom. The molecule has 1 aliphatic rings. The van der Waals surface area contributed by atoms with Crippen LogP contribution in [0.3, 0.4) is 0 Å². The Labute approximate surface area is 83.6 Å². The Morgan fingerprint density at radius 2 is 2.36 bits per heavy atom. The molecule has 4 heteroatoms. The minimum absolute atomic E-state index is 0.588. The lowest BCUT2D eigenvalue weighted by Gasteiger charge is -2.37. The van der Waals surface area contributed by atoms with Gasteiger partial charge in [-0.2, -0.15) is 0 Å². The topological polar surface area (TPSA) is 49.2 Å². The fourth-order valence-electron chi connectivity index (χ4n) is 1.87. The molecule has 1 aromatic heterocycles. The zero-order valence-corrected chi connectivity index (χ0v) is 8.35. The van der Waals surface area contributed by atoms with Crippen LogP contribution in [0.1, 0.15) is 19.8 Å². The van der Waals surface area contributed by atoms with E-state index in [-0.39, 0.29) is 0 Å². The second-order valence-corrected chi connectivity index (χ2v) is 4.09. The summed E-state index contributed by atoms with van der Waals surface area (Å²) >= 11 is 0. The molecule has 2 rings (SSSR count). The van der Waals surface area contributed by atoms with Gasteiger partial charge < -0.3 is 10.0 Å². The van der Waals surface area contributed by atoms with Crippen LogP contribution in [0.5, 0.6) is 0 Å². The molecule has 1 aromatic rings. The monoisotopic (exact) mass is 193 g/mol. The van der Waals surface area contributed by atoms with Crippen molar-refractivity contribution in [1.82, 2.24) is 9.97 Å². The summed E-state index contributed by atoms with van der Waals surface area (Å²) in [6, 6.07) is 0. The summed E-state index contributed by atoms with van der Waals surface area (Å²) < 4.78 is 0. The maximum atomic E-state index is 9.92. The fraction of sp³-hybridized carbons (Fsp3) is 0.600. The molecule has 0 saturated carbocycles. The molecule has 0 amide bonds. The molecule has 1 atom stereocenters. The Bertz CT molecular complexity index is 299. The molecule has 1 unspecified atom stereocenters. The highest BCUT2D eigenvalue weighted by Crippen LogP contribution is 2.23. The van der Waals surface area contributed by atoms with Crippen LogP contribution < -0.4 is 4.90 Å². The van der Waals surface area contributed by atoms with E-state index in [0.717, 1.165) is 25.2 Å². The molecule has 0 aromatic carbocycles. The Morgan fingerprint density at radius 1 is 1.50 bits per heavy atom. The highest BCUT2D eigenvalue weighted by Gasteiger charge is 2.28. The summed E-state index contributed by atoms with van der Waals surface area (Å²) in [4.78, 5) is 10.3. The van der Waals surface area contributed by atoms with Crippen molar-refractivity contribution in [3.63, 3.8) is 0 Å². The third-order valence-electron chi connectivity index (χ3n) is 2.55. The highest BCUT2D eigenvalue weighted by molar-refractivity contribution is 5.36. The predicted molar refractivity (Wildman–Crippen MR) is 54.1 cm³/mol. The van der Waals surface area contributed by atoms with Crippen LogP contribution >= 0.6 is 0 Å². The van der Waals surface area contributed by atoms with Crippen LogP contribution in [0.2, 0.25) is 0 Å². The van der Waals surface area contributed by atoms with E-state index in [0.29, 0.717) is 6.54 Å². The summed E-state index contributed by atoms with van der Waals surface area (Å²) in [5.74, 6) is 0.854. The van der Waals surface area contributed by atoms with Gasteiger partial charge >= 0.3 is 0 Å². The van der Waals surface area contributed by atoms with Gasteiger partial charge in [0.15, 0.2) is 0 Å². The number of β-amino-alcohol motifs (C(OH)–C–C–N with tert-alkyl or cyclic N) is 1. The molecule has 14 heavy (non-hydrogen) atoms. The van der Waals surface area contributed by atoms with Gasteiger partial charge in [-0.3, -0.25) is 4.98 Å². The second kappa shape index (κ2) is 3.53. The van der Waals surface area contributed by atoms with Crippen LogP contribution in [0.25, 0.3) is 0 Å². The van der Waals surface area contributed by atoms with E-state index in [4.69, 9.17) is 0 Å². The average molecular weight is 193 g/mol. The number of nitrogens with zero attached hydrogens (tertiary/aromatic N) is 3. The SMILES string of the molecule is CC1(O)CCCN(c2cnccn2)C1. The Kier molecular flexibility index (Phi) is 2.37. The number of anilines is 1. The summed E-state index contributed by atoms with van der Waals surface area (Å²) in [6.45, 7) is 3.47. The molecule has 4 nitrogen and oxygen atoms in total. The van der Waals surface area contributed by atoms with Gasteiger partial charge in [0, 0.05) is 25.5 Å². The highest BCUT2D eigenvalue weighted by atomic mass is 16.3. The van der Waals surface area contributed by atoms with Crippen molar-refractivity contribution in [3.8, 4) is 0 Å². The predicted octanol–water partition coefficient (Wildman–Crippen LogP) is 0.828. The molecule has 0 bridgehead atoms. The number of hydrogen-bond donors (Lipinski definition) is 1. The summed E-state index contributed by atoms with van der Waals surface area (Å²) in [5.41, 5.74) is -0.588. The minimum atomic E-state index is -0.588. The first-order valence-electron chi connectivity index (χ1n) is 4.91. The number of hydrogen-bond acceptors (Lipinski definition) is 4. The van der Waals surface area contributed by atoms with Crippen molar-refractivity contribution in [2.24, 2.45) is 0 Å². The molecule has 0 spiro atoms. The minimum Gasteiger partial charge on any atom is -0.388 e. The normalized spacial score (nSPS) is 27.7. The van der Waals surface area contributed by atoms with Crippen LogP contribution in [0.4, 0.5) is 5.82 Å². The van der Waals surface area contributed by atoms with E-state index in [9.17, 15) is 5.11 Å². The van der Waals surface area contributed by atoms with Gasteiger partial charge in [-0.05, 0) is 19.8 Å². The van der Waals surface area contributed by atoms with E-state index in [1.165, 1.54) is 0 Å². The largest absolute Gasteiger partial charge is 0.388 e. The van der Waals surface area contributed by atoms with Crippen molar-refractivity contribution in [3.05, 3.63) is 18.6 Å². The maximum Gasteiger partial charge on any atom is 0.147 e. The molecule has 1 N–H and O–H groups in total. The second-order valence-electron chi connectivity index (χ2n) is 4.09. The van der Waals surface area contributed by atoms with Crippen molar-refractivity contribution in [2.75, 3.05) is 18.0 Å². The first kappa shape index (κ1) is 9.40. The van der Waals surface area contributed by atoms with E-state index < -0.39 is 5.60 Å². The van der Waals surface area contributed by atoms with Crippen LogP contribution in [-0.2, 0) is 0 Å². The lowest BCUT2D eigenvalue weighted by molar-refractivity contribution is 0.0447. The molecule has 1 fully saturated rings. The van der Waals surface area contributed by atoms with Gasteiger partial charge in [0.25, 0.3) is 0 Å². The molecule has 1 saturated heterocycles. The summed E-state index contributed by atoms with van der Waals surface area (Å²) in [5, 5.41) is 9.92. The quantitative estimate of drug-likeness (QED) is 0.717. The fourth-order valence-corrected chi connectivity index (χ4v) is 1.87. The standard InChI is InChI=1S/C10H15N3O/c1-10(14)3-2-6-13(8-10)9-7-11-4-5-12-9/h4-5,7,14H,2-3,6,8H2,1H3. The average Bonchev–Trinajstić information content (AvgIpc) is 2.18. The van der Waals surface area contributed by atoms with Crippen LogP contribution in [0.15, 0.2) is 18.6 Å². The zero-order valence-electron chi connectivity index (χ0n) is 8.35. The Balaban J connectivity index is 2.12. The van der Waals surface area contributed by atoms with Gasteiger partial charge in [0.05, 0.1) is 11.8 Å². The van der Waals surface area contributed by atoms with Crippen LogP contribution in [-0.4, -0.2) is 33.8 Å². The maximum absolute atomic E-state index is 9.92. The van der Waals surface area contributed by atoms with E-state index in [2.05, 4.69) is 14.9 Å². The van der Waals surface area contributed by atoms with Gasteiger partial charge in [-0.25, -0.2) is 4.98 Å². The van der Waals surface area contributed by atoms with Crippen molar-refractivity contribution in [1.29, 1.82) is 0 Å². The first-order chi connectivity index (χ1) is 6.67. The first-order valence-corrected chi connectivity index (χ1v) is 4.91. The third kappa shape index (κ3) is 2.01. The Hall–Kier alpha value is -1.16. The van der Waals surface area contributed by atoms with Crippen molar-refractivity contribution < 1.29 is 5.11 Å². The van der Waals surface area contributed by atoms with Gasteiger partial charge in [0.1, 0.15) is 5.82 Å². The van der Waals surface area contributed by atoms with Crippen LogP contribution in [0, 0.1) is 0 Å². The van der Waals surface area contributed by atoms with E-state index >= 15 is 0 Å².